The fourth-order valence-corrected chi connectivity index (χ4v) is 2.61. The second-order valence-electron chi connectivity index (χ2n) is 5.02. The van der Waals surface area contributed by atoms with Crippen molar-refractivity contribution in [3.63, 3.8) is 0 Å². The van der Waals surface area contributed by atoms with Crippen LogP contribution in [-0.2, 0) is 16.0 Å². The Morgan fingerprint density at radius 2 is 1.95 bits per heavy atom. The summed E-state index contributed by atoms with van der Waals surface area (Å²) in [5.41, 5.74) is 3.35. The number of H-pyrrole nitrogens is 1. The molecule has 3 aromatic rings. The molecule has 0 saturated heterocycles. The zero-order valence-electron chi connectivity index (χ0n) is 12.2. The second kappa shape index (κ2) is 6.02. The van der Waals surface area contributed by atoms with Crippen LogP contribution in [0.15, 0.2) is 48.5 Å². The first kappa shape index (κ1) is 14.3. The molecular formula is C18H16FNO2. The standard InChI is InChI=1S/C18H16FNO2/c1-2-22-17(21)11-15-14-10-13(19)8-9-16(14)20-18(15)12-6-4-3-5-7-12/h3-10,20H,2,11H2,1H3. The molecule has 0 unspecified atom stereocenters. The number of carbonyl (C=O) groups excluding carboxylic acids is 1. The zero-order chi connectivity index (χ0) is 15.5. The Balaban J connectivity index is 2.16. The summed E-state index contributed by atoms with van der Waals surface area (Å²) in [6.45, 7) is 2.10. The summed E-state index contributed by atoms with van der Waals surface area (Å²) >= 11 is 0. The number of ether oxygens (including phenoxy) is 1. The molecule has 0 amide bonds. The van der Waals surface area contributed by atoms with Crippen LogP contribution in [0.25, 0.3) is 22.2 Å². The van der Waals surface area contributed by atoms with Crippen molar-refractivity contribution in [1.29, 1.82) is 0 Å². The molecule has 0 saturated carbocycles. The van der Waals surface area contributed by atoms with Gasteiger partial charge in [0.1, 0.15) is 5.82 Å². The second-order valence-corrected chi connectivity index (χ2v) is 5.02. The van der Waals surface area contributed by atoms with Crippen LogP contribution in [0, 0.1) is 5.82 Å². The highest BCUT2D eigenvalue weighted by atomic mass is 19.1. The number of hydrogen-bond acceptors (Lipinski definition) is 2. The van der Waals surface area contributed by atoms with Gasteiger partial charge in [0.05, 0.1) is 18.7 Å². The van der Waals surface area contributed by atoms with Crippen LogP contribution in [0.5, 0.6) is 0 Å². The highest BCUT2D eigenvalue weighted by Gasteiger charge is 2.17. The lowest BCUT2D eigenvalue weighted by Gasteiger charge is -2.05. The Morgan fingerprint density at radius 3 is 2.68 bits per heavy atom. The normalized spacial score (nSPS) is 10.8. The van der Waals surface area contributed by atoms with Crippen LogP contribution in [0.1, 0.15) is 12.5 Å². The minimum absolute atomic E-state index is 0.113. The predicted molar refractivity (Wildman–Crippen MR) is 84.0 cm³/mol. The molecule has 0 spiro atoms. The zero-order valence-corrected chi connectivity index (χ0v) is 12.2. The van der Waals surface area contributed by atoms with E-state index in [1.807, 2.05) is 30.3 Å². The summed E-state index contributed by atoms with van der Waals surface area (Å²) in [5.74, 6) is -0.638. The lowest BCUT2D eigenvalue weighted by molar-refractivity contribution is -0.142. The van der Waals surface area contributed by atoms with Gasteiger partial charge >= 0.3 is 5.97 Å². The van der Waals surface area contributed by atoms with E-state index in [1.54, 1.807) is 13.0 Å². The maximum atomic E-state index is 13.6. The number of aromatic nitrogens is 1. The molecule has 0 bridgehead atoms. The van der Waals surface area contributed by atoms with Gasteiger partial charge in [0.2, 0.25) is 0 Å². The molecule has 22 heavy (non-hydrogen) atoms. The van der Waals surface area contributed by atoms with Gasteiger partial charge in [-0.2, -0.15) is 0 Å². The van der Waals surface area contributed by atoms with Crippen LogP contribution >= 0.6 is 0 Å². The molecule has 0 atom stereocenters. The largest absolute Gasteiger partial charge is 0.466 e. The summed E-state index contributed by atoms with van der Waals surface area (Å²) in [6.07, 6.45) is 0.113. The summed E-state index contributed by atoms with van der Waals surface area (Å²) < 4.78 is 18.6. The molecule has 1 aromatic heterocycles. The fraction of sp³-hybridized carbons (Fsp3) is 0.167. The van der Waals surface area contributed by atoms with E-state index in [1.165, 1.54) is 12.1 Å². The number of aromatic amines is 1. The first-order valence-corrected chi connectivity index (χ1v) is 7.20. The highest BCUT2D eigenvalue weighted by Crippen LogP contribution is 2.31. The van der Waals surface area contributed by atoms with E-state index < -0.39 is 0 Å². The van der Waals surface area contributed by atoms with Crippen molar-refractivity contribution < 1.29 is 13.9 Å². The number of nitrogens with one attached hydrogen (secondary N) is 1. The summed E-state index contributed by atoms with van der Waals surface area (Å²) in [4.78, 5) is 15.2. The first-order chi connectivity index (χ1) is 10.7. The molecular weight excluding hydrogens is 281 g/mol. The van der Waals surface area contributed by atoms with Gasteiger partial charge in [-0.1, -0.05) is 30.3 Å². The smallest absolute Gasteiger partial charge is 0.310 e. The number of fused-ring (bicyclic) bond motifs is 1. The van der Waals surface area contributed by atoms with Gasteiger partial charge in [0.15, 0.2) is 0 Å². The van der Waals surface area contributed by atoms with E-state index in [9.17, 15) is 9.18 Å². The van der Waals surface area contributed by atoms with Crippen molar-refractivity contribution in [1.82, 2.24) is 4.98 Å². The SMILES string of the molecule is CCOC(=O)Cc1c(-c2ccccc2)[nH]c2ccc(F)cc12. The highest BCUT2D eigenvalue weighted by molar-refractivity contribution is 5.94. The number of halogens is 1. The molecule has 3 nitrogen and oxygen atoms in total. The number of benzene rings is 2. The van der Waals surface area contributed by atoms with Crippen molar-refractivity contribution in [3.8, 4) is 11.3 Å². The van der Waals surface area contributed by atoms with E-state index >= 15 is 0 Å². The molecule has 0 radical (unpaired) electrons. The lowest BCUT2D eigenvalue weighted by atomic mass is 10.0. The Kier molecular flexibility index (Phi) is 3.92. The van der Waals surface area contributed by atoms with Crippen LogP contribution in [0.3, 0.4) is 0 Å². The number of esters is 1. The maximum absolute atomic E-state index is 13.6. The minimum Gasteiger partial charge on any atom is -0.466 e. The van der Waals surface area contributed by atoms with Gasteiger partial charge in [-0.15, -0.1) is 0 Å². The third-order valence-electron chi connectivity index (χ3n) is 3.56. The van der Waals surface area contributed by atoms with E-state index in [-0.39, 0.29) is 18.2 Å². The number of rotatable bonds is 4. The molecule has 3 rings (SSSR count). The van der Waals surface area contributed by atoms with Crippen molar-refractivity contribution in [2.45, 2.75) is 13.3 Å². The minimum atomic E-state index is -0.323. The average molecular weight is 297 g/mol. The van der Waals surface area contributed by atoms with Crippen molar-refractivity contribution in [3.05, 3.63) is 59.9 Å². The van der Waals surface area contributed by atoms with Crippen LogP contribution < -0.4 is 0 Å². The van der Waals surface area contributed by atoms with Crippen molar-refractivity contribution in [2.75, 3.05) is 6.61 Å². The van der Waals surface area contributed by atoms with Gasteiger partial charge in [-0.25, -0.2) is 4.39 Å². The summed E-state index contributed by atoms with van der Waals surface area (Å²) in [5, 5.41) is 0.715. The third kappa shape index (κ3) is 2.72. The molecule has 112 valence electrons. The maximum Gasteiger partial charge on any atom is 0.310 e. The quantitative estimate of drug-likeness (QED) is 0.737. The third-order valence-corrected chi connectivity index (χ3v) is 3.56. The van der Waals surface area contributed by atoms with E-state index in [0.29, 0.717) is 12.0 Å². The fourth-order valence-electron chi connectivity index (χ4n) is 2.61. The van der Waals surface area contributed by atoms with Gasteiger partial charge in [0, 0.05) is 10.9 Å². The van der Waals surface area contributed by atoms with E-state index in [2.05, 4.69) is 4.98 Å². The van der Waals surface area contributed by atoms with Crippen LogP contribution in [0.2, 0.25) is 0 Å². The number of hydrogen-bond donors (Lipinski definition) is 1. The van der Waals surface area contributed by atoms with Gasteiger partial charge < -0.3 is 9.72 Å². The Hall–Kier alpha value is -2.62. The molecule has 1 heterocycles. The van der Waals surface area contributed by atoms with Gasteiger partial charge in [-0.05, 0) is 36.2 Å². The van der Waals surface area contributed by atoms with Crippen LogP contribution in [0.4, 0.5) is 4.39 Å². The van der Waals surface area contributed by atoms with Crippen molar-refractivity contribution >= 4 is 16.9 Å². The van der Waals surface area contributed by atoms with Crippen molar-refractivity contribution in [2.24, 2.45) is 0 Å². The summed E-state index contributed by atoms with van der Waals surface area (Å²) in [7, 11) is 0. The Morgan fingerprint density at radius 1 is 1.18 bits per heavy atom. The molecule has 2 aromatic carbocycles. The molecule has 1 N–H and O–H groups in total. The number of carbonyl (C=O) groups is 1. The topological polar surface area (TPSA) is 42.1 Å². The molecule has 0 fully saturated rings. The van der Waals surface area contributed by atoms with E-state index in [0.717, 1.165) is 22.3 Å². The first-order valence-electron chi connectivity index (χ1n) is 7.20. The van der Waals surface area contributed by atoms with Gasteiger partial charge in [0.25, 0.3) is 0 Å². The monoisotopic (exact) mass is 297 g/mol. The Bertz CT molecular complexity index is 809. The molecule has 0 aliphatic rings. The van der Waals surface area contributed by atoms with E-state index in [4.69, 9.17) is 4.74 Å². The van der Waals surface area contributed by atoms with Gasteiger partial charge in [-0.3, -0.25) is 4.79 Å². The molecule has 0 aliphatic carbocycles. The summed E-state index contributed by atoms with van der Waals surface area (Å²) in [6, 6.07) is 14.2. The predicted octanol–water partition coefficient (Wildman–Crippen LogP) is 4.08. The molecule has 0 aliphatic heterocycles. The van der Waals surface area contributed by atoms with Crippen LogP contribution in [-0.4, -0.2) is 17.6 Å². The molecule has 4 heteroatoms. The Labute approximate surface area is 127 Å². The lowest BCUT2D eigenvalue weighted by Crippen LogP contribution is -2.08. The average Bonchev–Trinajstić information content (AvgIpc) is 2.86.